The zero-order valence-corrected chi connectivity index (χ0v) is 18.8. The van der Waals surface area contributed by atoms with Gasteiger partial charge in [-0.3, -0.25) is 14.6 Å². The van der Waals surface area contributed by atoms with Gasteiger partial charge in [-0.1, -0.05) is 17.7 Å². The third-order valence-electron chi connectivity index (χ3n) is 5.71. The summed E-state index contributed by atoms with van der Waals surface area (Å²) >= 11 is 6.37. The Hall–Kier alpha value is -3.85. The van der Waals surface area contributed by atoms with Crippen LogP contribution in [-0.2, 0) is 4.79 Å². The lowest BCUT2D eigenvalue weighted by Crippen LogP contribution is -2.28. The maximum Gasteiger partial charge on any atom is 0.254 e. The molecule has 8 nitrogen and oxygen atoms in total. The van der Waals surface area contributed by atoms with Gasteiger partial charge in [-0.15, -0.1) is 0 Å². The van der Waals surface area contributed by atoms with Gasteiger partial charge in [-0.25, -0.2) is 14.4 Å². The first-order valence-corrected chi connectivity index (χ1v) is 11.1. The van der Waals surface area contributed by atoms with Gasteiger partial charge in [-0.05, 0) is 42.3 Å². The van der Waals surface area contributed by atoms with Gasteiger partial charge in [0, 0.05) is 31.6 Å². The second kappa shape index (κ2) is 9.18. The number of aromatic nitrogens is 3. The van der Waals surface area contributed by atoms with Crippen LogP contribution >= 0.6 is 11.6 Å². The number of hydrogen-bond acceptors (Lipinski definition) is 6. The molecule has 3 aromatic rings. The molecule has 0 spiro atoms. The van der Waals surface area contributed by atoms with Gasteiger partial charge < -0.3 is 15.1 Å². The number of nitrogens with one attached hydrogen (secondary N) is 1. The lowest BCUT2D eigenvalue weighted by molar-refractivity contribution is -0.117. The van der Waals surface area contributed by atoms with Crippen molar-refractivity contribution >= 4 is 46.3 Å². The summed E-state index contributed by atoms with van der Waals surface area (Å²) in [6.45, 7) is 1.39. The summed E-state index contributed by atoms with van der Waals surface area (Å²) in [5.74, 6) is -0.196. The second-order valence-electron chi connectivity index (χ2n) is 8.02. The number of amides is 2. The minimum Gasteiger partial charge on any atom is -0.331 e. The number of hydrogen-bond donors (Lipinski definition) is 1. The van der Waals surface area contributed by atoms with Crippen LogP contribution in [-0.4, -0.2) is 51.3 Å². The van der Waals surface area contributed by atoms with Gasteiger partial charge in [0.25, 0.3) is 5.91 Å². The molecule has 172 valence electrons. The molecule has 0 bridgehead atoms. The Balaban J connectivity index is 1.31. The molecular formula is C24H20ClFN6O2. The number of halogens is 2. The molecule has 0 radical (unpaired) electrons. The van der Waals surface area contributed by atoms with Crippen molar-refractivity contribution in [3.05, 3.63) is 77.1 Å². The van der Waals surface area contributed by atoms with E-state index in [4.69, 9.17) is 11.6 Å². The Morgan fingerprint density at radius 1 is 1.15 bits per heavy atom. The third-order valence-corrected chi connectivity index (χ3v) is 5.99. The van der Waals surface area contributed by atoms with Crippen LogP contribution in [0, 0.1) is 5.82 Å². The molecule has 0 unspecified atom stereocenters. The first-order chi connectivity index (χ1) is 16.5. The number of benzene rings is 1. The smallest absolute Gasteiger partial charge is 0.254 e. The van der Waals surface area contributed by atoms with E-state index in [1.807, 2.05) is 12.1 Å². The van der Waals surface area contributed by atoms with Crippen LogP contribution in [0.25, 0.3) is 5.57 Å². The maximum absolute atomic E-state index is 13.2. The van der Waals surface area contributed by atoms with Crippen LogP contribution in [0.2, 0.25) is 5.02 Å². The van der Waals surface area contributed by atoms with E-state index in [-0.39, 0.29) is 11.8 Å². The van der Waals surface area contributed by atoms with E-state index in [0.717, 1.165) is 17.7 Å². The van der Waals surface area contributed by atoms with Crippen molar-refractivity contribution in [2.24, 2.45) is 0 Å². The third kappa shape index (κ3) is 4.47. The summed E-state index contributed by atoms with van der Waals surface area (Å²) < 4.78 is 13.2. The fraction of sp³-hybridized carbons (Fsp3) is 0.208. The van der Waals surface area contributed by atoms with E-state index in [1.54, 1.807) is 22.2 Å². The minimum atomic E-state index is -0.391. The predicted octanol–water partition coefficient (Wildman–Crippen LogP) is 4.07. The predicted molar refractivity (Wildman–Crippen MR) is 126 cm³/mol. The molecule has 2 amide bonds. The van der Waals surface area contributed by atoms with Gasteiger partial charge in [0.05, 0.1) is 40.7 Å². The van der Waals surface area contributed by atoms with Crippen molar-refractivity contribution in [1.82, 2.24) is 19.9 Å². The highest BCUT2D eigenvalue weighted by Gasteiger charge is 2.25. The Labute approximate surface area is 200 Å². The summed E-state index contributed by atoms with van der Waals surface area (Å²) in [6, 6.07) is 7.28. The zero-order chi connectivity index (χ0) is 23.7. The average molecular weight is 479 g/mol. The van der Waals surface area contributed by atoms with Crippen LogP contribution in [0.4, 0.5) is 21.7 Å². The first-order valence-electron chi connectivity index (χ1n) is 10.8. The number of carbonyl (C=O) groups is 2. The molecule has 2 aliphatic heterocycles. The van der Waals surface area contributed by atoms with E-state index < -0.39 is 5.82 Å². The molecule has 0 saturated carbocycles. The standard InChI is InChI=1S/C24H20ClFN6O2/c25-20-13-28-24(29-18-10-19(12-27-11-18)32-8-1-2-21(32)33)30-22(20)16-7-9-31(14-16)23(34)15-3-5-17(26)6-4-15/h3-7,10-13H,1-2,8-9,14H2,(H,28,29,30). The molecule has 1 N–H and O–H groups in total. The van der Waals surface area contributed by atoms with Crippen LogP contribution in [0.15, 0.2) is 55.0 Å². The van der Waals surface area contributed by atoms with Gasteiger partial charge in [-0.2, -0.15) is 0 Å². The van der Waals surface area contributed by atoms with Crippen molar-refractivity contribution in [1.29, 1.82) is 0 Å². The molecular weight excluding hydrogens is 459 g/mol. The molecule has 0 atom stereocenters. The highest BCUT2D eigenvalue weighted by molar-refractivity contribution is 6.32. The molecule has 0 aliphatic carbocycles. The fourth-order valence-electron chi connectivity index (χ4n) is 4.00. The lowest BCUT2D eigenvalue weighted by Gasteiger charge is -2.17. The quantitative estimate of drug-likeness (QED) is 0.594. The van der Waals surface area contributed by atoms with Crippen LogP contribution in [0.1, 0.15) is 28.9 Å². The Morgan fingerprint density at radius 3 is 2.74 bits per heavy atom. The molecule has 34 heavy (non-hydrogen) atoms. The average Bonchev–Trinajstić information content (AvgIpc) is 3.50. The highest BCUT2D eigenvalue weighted by Crippen LogP contribution is 2.29. The summed E-state index contributed by atoms with van der Waals surface area (Å²) in [4.78, 5) is 41.2. The lowest BCUT2D eigenvalue weighted by atomic mass is 10.2. The van der Waals surface area contributed by atoms with Crippen LogP contribution in [0.3, 0.4) is 0 Å². The zero-order valence-electron chi connectivity index (χ0n) is 18.0. The maximum atomic E-state index is 13.2. The van der Waals surface area contributed by atoms with Crippen molar-refractivity contribution in [3.8, 4) is 0 Å². The van der Waals surface area contributed by atoms with Crippen molar-refractivity contribution < 1.29 is 14.0 Å². The van der Waals surface area contributed by atoms with Crippen molar-refractivity contribution in [3.63, 3.8) is 0 Å². The van der Waals surface area contributed by atoms with Crippen molar-refractivity contribution in [2.45, 2.75) is 12.8 Å². The van der Waals surface area contributed by atoms with E-state index in [2.05, 4.69) is 20.3 Å². The summed E-state index contributed by atoms with van der Waals surface area (Å²) in [5, 5.41) is 3.48. The van der Waals surface area contributed by atoms with Gasteiger partial charge in [0.15, 0.2) is 0 Å². The molecule has 5 rings (SSSR count). The van der Waals surface area contributed by atoms with Crippen LogP contribution in [0.5, 0.6) is 0 Å². The monoisotopic (exact) mass is 478 g/mol. The highest BCUT2D eigenvalue weighted by atomic mass is 35.5. The summed E-state index contributed by atoms with van der Waals surface area (Å²) in [7, 11) is 0. The molecule has 1 aromatic carbocycles. The molecule has 1 saturated heterocycles. The van der Waals surface area contributed by atoms with E-state index >= 15 is 0 Å². The second-order valence-corrected chi connectivity index (χ2v) is 8.43. The Morgan fingerprint density at radius 2 is 1.97 bits per heavy atom. The van der Waals surface area contributed by atoms with Gasteiger partial charge in [0.1, 0.15) is 5.82 Å². The Bertz CT molecular complexity index is 1300. The SMILES string of the molecule is O=C(c1ccc(F)cc1)N1CC=C(c2nc(Nc3cncc(N4CCCC4=O)c3)ncc2Cl)C1. The number of pyridine rings is 1. The number of anilines is 3. The number of nitrogens with zero attached hydrogens (tertiary/aromatic N) is 5. The largest absolute Gasteiger partial charge is 0.331 e. The summed E-state index contributed by atoms with van der Waals surface area (Å²) in [6.07, 6.45) is 8.03. The molecule has 2 aliphatic rings. The summed E-state index contributed by atoms with van der Waals surface area (Å²) in [5.41, 5.74) is 3.08. The first kappa shape index (κ1) is 22.0. The van der Waals surface area contributed by atoms with Crippen LogP contribution < -0.4 is 10.2 Å². The van der Waals surface area contributed by atoms with E-state index in [1.165, 1.54) is 30.5 Å². The van der Waals surface area contributed by atoms with E-state index in [0.29, 0.717) is 54.0 Å². The number of rotatable bonds is 5. The topological polar surface area (TPSA) is 91.3 Å². The minimum absolute atomic E-state index is 0.0805. The van der Waals surface area contributed by atoms with Gasteiger partial charge >= 0.3 is 0 Å². The molecule has 4 heterocycles. The normalized spacial score (nSPS) is 15.6. The Kier molecular flexibility index (Phi) is 5.93. The van der Waals surface area contributed by atoms with Crippen molar-refractivity contribution in [2.75, 3.05) is 29.9 Å². The van der Waals surface area contributed by atoms with E-state index in [9.17, 15) is 14.0 Å². The fourth-order valence-corrected chi connectivity index (χ4v) is 4.22. The molecule has 2 aromatic heterocycles. The molecule has 1 fully saturated rings. The van der Waals surface area contributed by atoms with Gasteiger partial charge in [0.2, 0.25) is 11.9 Å². The molecule has 10 heteroatoms. The number of carbonyl (C=O) groups excluding carboxylic acids is 2.